The molecule has 1 heteroatoms. The van der Waals surface area contributed by atoms with Crippen molar-refractivity contribution in [3.8, 4) is 11.1 Å². The molecule has 19 heavy (non-hydrogen) atoms. The van der Waals surface area contributed by atoms with Crippen molar-refractivity contribution in [2.45, 2.75) is 20.8 Å². The second kappa shape index (κ2) is 4.51. The van der Waals surface area contributed by atoms with Gasteiger partial charge in [0.15, 0.2) is 0 Å². The minimum Gasteiger partial charge on any atom is -0.253 e. The van der Waals surface area contributed by atoms with E-state index in [1.54, 1.807) is 0 Å². The summed E-state index contributed by atoms with van der Waals surface area (Å²) in [6.07, 6.45) is 0. The van der Waals surface area contributed by atoms with Gasteiger partial charge >= 0.3 is 0 Å². The Hall–Kier alpha value is -2.15. The van der Waals surface area contributed by atoms with Gasteiger partial charge in [-0.1, -0.05) is 42.5 Å². The van der Waals surface area contributed by atoms with E-state index < -0.39 is 0 Å². The number of aryl methyl sites for hydroxylation is 2. The van der Waals surface area contributed by atoms with Crippen molar-refractivity contribution in [1.82, 2.24) is 4.98 Å². The van der Waals surface area contributed by atoms with Crippen LogP contribution in [0, 0.1) is 20.8 Å². The Labute approximate surface area is 113 Å². The molecule has 0 N–H and O–H groups in total. The van der Waals surface area contributed by atoms with E-state index in [1.165, 1.54) is 27.6 Å². The first-order valence-corrected chi connectivity index (χ1v) is 6.60. The quantitative estimate of drug-likeness (QED) is 0.600. The molecule has 0 atom stereocenters. The van der Waals surface area contributed by atoms with E-state index in [4.69, 9.17) is 4.98 Å². The molecule has 2 aromatic carbocycles. The number of nitrogens with zero attached hydrogens (tertiary/aromatic N) is 1. The maximum absolute atomic E-state index is 4.72. The summed E-state index contributed by atoms with van der Waals surface area (Å²) < 4.78 is 0. The van der Waals surface area contributed by atoms with Gasteiger partial charge in [0.05, 0.1) is 5.52 Å². The smallest absolute Gasteiger partial charge is 0.0714 e. The fourth-order valence-corrected chi connectivity index (χ4v) is 2.49. The fraction of sp³-hybridized carbons (Fsp3) is 0.167. The average molecular weight is 247 g/mol. The highest BCUT2D eigenvalue weighted by molar-refractivity contribution is 5.87. The lowest BCUT2D eigenvalue weighted by Gasteiger charge is -2.10. The Kier molecular flexibility index (Phi) is 2.83. The van der Waals surface area contributed by atoms with Crippen molar-refractivity contribution in [1.29, 1.82) is 0 Å². The number of pyridine rings is 1. The van der Waals surface area contributed by atoms with Gasteiger partial charge in [-0.15, -0.1) is 0 Å². The monoisotopic (exact) mass is 247 g/mol. The van der Waals surface area contributed by atoms with Crippen molar-refractivity contribution in [3.63, 3.8) is 0 Å². The van der Waals surface area contributed by atoms with Gasteiger partial charge in [0.25, 0.3) is 0 Å². The van der Waals surface area contributed by atoms with Gasteiger partial charge in [-0.05, 0) is 49.1 Å². The van der Waals surface area contributed by atoms with E-state index in [9.17, 15) is 0 Å². The van der Waals surface area contributed by atoms with Gasteiger partial charge in [0, 0.05) is 11.1 Å². The third-order valence-electron chi connectivity index (χ3n) is 3.90. The van der Waals surface area contributed by atoms with Crippen molar-refractivity contribution in [3.05, 3.63) is 65.4 Å². The summed E-state index contributed by atoms with van der Waals surface area (Å²) in [7, 11) is 0. The van der Waals surface area contributed by atoms with Crippen LogP contribution in [-0.4, -0.2) is 4.98 Å². The Morgan fingerprint density at radius 2 is 1.47 bits per heavy atom. The summed E-state index contributed by atoms with van der Waals surface area (Å²) in [5.74, 6) is 0. The lowest BCUT2D eigenvalue weighted by molar-refractivity contribution is 1.17. The van der Waals surface area contributed by atoms with E-state index in [1.807, 2.05) is 6.07 Å². The van der Waals surface area contributed by atoms with E-state index in [2.05, 4.69) is 63.2 Å². The van der Waals surface area contributed by atoms with Crippen molar-refractivity contribution in [2.24, 2.45) is 0 Å². The highest BCUT2D eigenvalue weighted by Gasteiger charge is 2.06. The maximum Gasteiger partial charge on any atom is 0.0714 e. The molecule has 0 radical (unpaired) electrons. The fourth-order valence-electron chi connectivity index (χ4n) is 2.49. The first kappa shape index (κ1) is 11.9. The third kappa shape index (κ3) is 2.01. The molecule has 0 fully saturated rings. The zero-order valence-electron chi connectivity index (χ0n) is 11.6. The van der Waals surface area contributed by atoms with Crippen LogP contribution in [0.2, 0.25) is 0 Å². The second-order valence-electron chi connectivity index (χ2n) is 5.05. The van der Waals surface area contributed by atoms with Gasteiger partial charge in [-0.3, -0.25) is 4.98 Å². The predicted octanol–water partition coefficient (Wildman–Crippen LogP) is 4.83. The van der Waals surface area contributed by atoms with Crippen LogP contribution in [0.25, 0.3) is 22.0 Å². The number of benzene rings is 2. The van der Waals surface area contributed by atoms with Crippen molar-refractivity contribution >= 4 is 10.9 Å². The van der Waals surface area contributed by atoms with Crippen LogP contribution in [-0.2, 0) is 0 Å². The molecule has 3 rings (SSSR count). The van der Waals surface area contributed by atoms with E-state index >= 15 is 0 Å². The zero-order valence-corrected chi connectivity index (χ0v) is 11.6. The Morgan fingerprint density at radius 1 is 0.737 bits per heavy atom. The topological polar surface area (TPSA) is 12.9 Å². The van der Waals surface area contributed by atoms with Crippen LogP contribution in [0.4, 0.5) is 0 Å². The number of hydrogen-bond acceptors (Lipinski definition) is 1. The molecular formula is C18H17N. The van der Waals surface area contributed by atoms with Gasteiger partial charge in [-0.25, -0.2) is 0 Å². The van der Waals surface area contributed by atoms with E-state index in [-0.39, 0.29) is 0 Å². The minimum atomic E-state index is 1.09. The highest BCUT2D eigenvalue weighted by Crippen LogP contribution is 2.27. The lowest BCUT2D eigenvalue weighted by atomic mass is 9.99. The molecule has 3 aromatic rings. The first-order chi connectivity index (χ1) is 9.16. The Balaban J connectivity index is 2.25. The van der Waals surface area contributed by atoms with Gasteiger partial charge in [0.1, 0.15) is 0 Å². The van der Waals surface area contributed by atoms with Crippen LogP contribution in [0.15, 0.2) is 48.5 Å². The number of hydrogen-bond donors (Lipinski definition) is 0. The normalized spacial score (nSPS) is 10.9. The molecule has 0 unspecified atom stereocenters. The summed E-state index contributed by atoms with van der Waals surface area (Å²) in [5.41, 5.74) is 7.30. The molecule has 0 saturated carbocycles. The lowest BCUT2D eigenvalue weighted by Crippen LogP contribution is -1.93. The summed E-state index contributed by atoms with van der Waals surface area (Å²) in [6.45, 7) is 6.40. The summed E-state index contributed by atoms with van der Waals surface area (Å²) in [4.78, 5) is 4.72. The molecule has 0 spiro atoms. The molecule has 1 nitrogen and oxygen atoms in total. The predicted molar refractivity (Wildman–Crippen MR) is 81.4 cm³/mol. The van der Waals surface area contributed by atoms with Gasteiger partial charge in [-0.2, -0.15) is 0 Å². The van der Waals surface area contributed by atoms with Gasteiger partial charge < -0.3 is 0 Å². The second-order valence-corrected chi connectivity index (χ2v) is 5.05. The van der Waals surface area contributed by atoms with Gasteiger partial charge in [0.2, 0.25) is 0 Å². The first-order valence-electron chi connectivity index (χ1n) is 6.60. The molecule has 1 heterocycles. The van der Waals surface area contributed by atoms with Crippen molar-refractivity contribution < 1.29 is 0 Å². The molecule has 0 saturated heterocycles. The number of rotatable bonds is 1. The summed E-state index contributed by atoms with van der Waals surface area (Å²) in [5, 5.41) is 1.25. The van der Waals surface area contributed by atoms with Crippen LogP contribution in [0.5, 0.6) is 0 Å². The zero-order chi connectivity index (χ0) is 13.4. The van der Waals surface area contributed by atoms with Crippen molar-refractivity contribution in [2.75, 3.05) is 0 Å². The largest absolute Gasteiger partial charge is 0.253 e. The average Bonchev–Trinajstić information content (AvgIpc) is 2.45. The third-order valence-corrected chi connectivity index (χ3v) is 3.90. The number of aromatic nitrogens is 1. The number of fused-ring (bicyclic) bond motifs is 1. The van der Waals surface area contributed by atoms with Crippen LogP contribution in [0.3, 0.4) is 0 Å². The minimum absolute atomic E-state index is 1.09. The van der Waals surface area contributed by atoms with Crippen LogP contribution in [0.1, 0.15) is 16.8 Å². The Morgan fingerprint density at radius 3 is 2.21 bits per heavy atom. The summed E-state index contributed by atoms with van der Waals surface area (Å²) in [6, 6.07) is 17.0. The van der Waals surface area contributed by atoms with Crippen LogP contribution >= 0.6 is 0 Å². The molecule has 94 valence electrons. The molecule has 0 bridgehead atoms. The van der Waals surface area contributed by atoms with E-state index in [0.29, 0.717) is 0 Å². The Bertz CT molecular complexity index is 742. The van der Waals surface area contributed by atoms with Crippen LogP contribution < -0.4 is 0 Å². The maximum atomic E-state index is 4.72. The highest BCUT2D eigenvalue weighted by atomic mass is 14.7. The molecule has 0 aliphatic rings. The van der Waals surface area contributed by atoms with E-state index in [0.717, 1.165) is 11.2 Å². The molecular weight excluding hydrogens is 230 g/mol. The molecule has 0 aliphatic heterocycles. The molecule has 0 aliphatic carbocycles. The standard InChI is InChI=1S/C18H17N/c1-12-13(2)17-10-9-16(11-18(17)19-14(12)3)15-7-5-4-6-8-15/h4-11H,1-3H3. The molecule has 0 amide bonds. The molecule has 1 aromatic heterocycles. The summed E-state index contributed by atoms with van der Waals surface area (Å²) >= 11 is 0. The SMILES string of the molecule is Cc1nc2cc(-c3ccccc3)ccc2c(C)c1C.